The largest absolute Gasteiger partial charge is 0.459 e. The van der Waals surface area contributed by atoms with Gasteiger partial charge in [-0.3, -0.25) is 4.79 Å². The van der Waals surface area contributed by atoms with E-state index in [0.29, 0.717) is 18.7 Å². The lowest BCUT2D eigenvalue weighted by Crippen LogP contribution is -2.61. The number of aliphatic hydroxyl groups excluding tert-OH is 3. The van der Waals surface area contributed by atoms with Gasteiger partial charge in [-0.15, -0.1) is 0 Å². The molecule has 19 atom stereocenters. The predicted molar refractivity (Wildman–Crippen MR) is 204 cm³/mol. The summed E-state index contributed by atoms with van der Waals surface area (Å²) < 4.78 is 42.9. The van der Waals surface area contributed by atoms with E-state index in [1.807, 2.05) is 32.8 Å². The Labute approximate surface area is 333 Å². The molecule has 16 nitrogen and oxygen atoms in total. The molecule has 4 aliphatic rings. The molecule has 4 heterocycles. The number of aliphatic hydroxyl groups is 5. The molecule has 0 amide bonds. The maximum Gasteiger partial charge on any atom is 0.311 e. The fourth-order valence-electron chi connectivity index (χ4n) is 8.95. The minimum absolute atomic E-state index is 0.00641. The third-order valence-electron chi connectivity index (χ3n) is 12.7. The number of rotatable bonds is 10. The number of ether oxygens (including phenoxy) is 7. The highest BCUT2D eigenvalue weighted by Gasteiger charge is 2.53. The first-order valence-electron chi connectivity index (χ1n) is 20.3. The Morgan fingerprint density at radius 2 is 1.57 bits per heavy atom. The van der Waals surface area contributed by atoms with Crippen molar-refractivity contribution in [3.63, 3.8) is 0 Å². The first-order valence-corrected chi connectivity index (χ1v) is 20.3. The summed E-state index contributed by atoms with van der Waals surface area (Å²) in [4.78, 5) is 21.9. The molecule has 4 aliphatic heterocycles. The zero-order valence-corrected chi connectivity index (χ0v) is 35.8. The van der Waals surface area contributed by atoms with Crippen LogP contribution in [0.3, 0.4) is 0 Å². The van der Waals surface area contributed by atoms with Crippen molar-refractivity contribution < 1.29 is 68.3 Å². The number of cyclic esters (lactones) is 1. The number of esters is 1. The molecule has 56 heavy (non-hydrogen) atoms. The molecule has 0 bridgehead atoms. The Kier molecular flexibility index (Phi) is 15.8. The van der Waals surface area contributed by atoms with Gasteiger partial charge in [0.15, 0.2) is 12.6 Å². The van der Waals surface area contributed by atoms with Crippen molar-refractivity contribution in [1.82, 2.24) is 4.90 Å². The molecule has 0 radical (unpaired) electrons. The third-order valence-corrected chi connectivity index (χ3v) is 12.7. The van der Waals surface area contributed by atoms with Crippen LogP contribution in [0.25, 0.3) is 0 Å². The minimum atomic E-state index is -1.93. The van der Waals surface area contributed by atoms with Crippen molar-refractivity contribution in [2.75, 3.05) is 34.4 Å². The second kappa shape index (κ2) is 18.8. The average molecular weight is 805 g/mol. The van der Waals surface area contributed by atoms with Crippen molar-refractivity contribution in [2.45, 2.75) is 185 Å². The molecule has 4 saturated heterocycles. The predicted octanol–water partition coefficient (Wildman–Crippen LogP) is 1.99. The van der Waals surface area contributed by atoms with E-state index in [1.54, 1.807) is 48.5 Å². The van der Waals surface area contributed by atoms with Gasteiger partial charge in [0.25, 0.3) is 0 Å². The number of likely N-dealkylation sites (N-methyl/N-ethyl adjacent to an activating group) is 1. The van der Waals surface area contributed by atoms with Crippen molar-refractivity contribution in [2.24, 2.45) is 28.8 Å². The highest BCUT2D eigenvalue weighted by molar-refractivity contribution is 5.88. The van der Waals surface area contributed by atoms with E-state index in [2.05, 4.69) is 5.16 Å². The maximum absolute atomic E-state index is 14.3. The van der Waals surface area contributed by atoms with Crippen LogP contribution < -0.4 is 0 Å². The van der Waals surface area contributed by atoms with Gasteiger partial charge in [-0.25, -0.2) is 0 Å². The van der Waals surface area contributed by atoms with Crippen molar-refractivity contribution in [1.29, 1.82) is 0 Å². The zero-order chi connectivity index (χ0) is 42.1. The molecular weight excluding hydrogens is 732 g/mol. The van der Waals surface area contributed by atoms with Gasteiger partial charge in [0.05, 0.1) is 60.0 Å². The third kappa shape index (κ3) is 10.6. The van der Waals surface area contributed by atoms with Crippen molar-refractivity contribution in [3.05, 3.63) is 0 Å². The maximum atomic E-state index is 14.3. The van der Waals surface area contributed by atoms with E-state index >= 15 is 0 Å². The lowest BCUT2D eigenvalue weighted by Gasteiger charge is -2.49. The Hall–Kier alpha value is -1.54. The van der Waals surface area contributed by atoms with Crippen LogP contribution in [0.5, 0.6) is 0 Å². The normalized spacial score (nSPS) is 49.3. The standard InChI is InChI=1S/C40H72N2O14/c1-14-28-40(10,48)33(44)22(4)30(41-51-19-26-18-50-26)20(2)16-38(8,47)35(56-37-31(43)27(42(11)12)15-21(3)52-37)23(5)32(24(6)36(46)54-28)55-29-17-39(9,49-13)34(45)25(7)53-29/h20-29,31-35,37,43-45,47-48H,14-19H2,1-13H3/b41-30+/t20-,21-,22+,23+,24-,25+,26?,27+,28?,29+,31-,32?,33-,34+,35-,37+,38-,39-,40-/m1/s1. The summed E-state index contributed by atoms with van der Waals surface area (Å²) in [5.74, 6) is -3.98. The molecule has 0 aromatic carbocycles. The van der Waals surface area contributed by atoms with Crippen LogP contribution in [-0.4, -0.2) is 167 Å². The summed E-state index contributed by atoms with van der Waals surface area (Å²) in [5, 5.41) is 63.5. The van der Waals surface area contributed by atoms with Crippen molar-refractivity contribution in [3.8, 4) is 0 Å². The number of carbonyl (C=O) groups is 1. The molecule has 4 rings (SSSR count). The van der Waals surface area contributed by atoms with E-state index in [-0.39, 0.29) is 44.1 Å². The van der Waals surface area contributed by atoms with Crippen LogP contribution in [0.4, 0.5) is 0 Å². The number of methoxy groups -OCH3 is 1. The Morgan fingerprint density at radius 1 is 0.929 bits per heavy atom. The highest BCUT2D eigenvalue weighted by Crippen LogP contribution is 2.41. The molecule has 0 aromatic heterocycles. The van der Waals surface area contributed by atoms with Gasteiger partial charge in [0.2, 0.25) is 0 Å². The summed E-state index contributed by atoms with van der Waals surface area (Å²) in [6, 6.07) is -0.315. The Balaban J connectivity index is 1.85. The molecule has 0 spiro atoms. The van der Waals surface area contributed by atoms with E-state index in [1.165, 1.54) is 14.0 Å². The monoisotopic (exact) mass is 804 g/mol. The van der Waals surface area contributed by atoms with Crippen LogP contribution in [0.15, 0.2) is 5.16 Å². The molecule has 5 N–H and O–H groups in total. The molecule has 16 heteroatoms. The van der Waals surface area contributed by atoms with Gasteiger partial charge >= 0.3 is 5.97 Å². The Bertz CT molecular complexity index is 1310. The summed E-state index contributed by atoms with van der Waals surface area (Å²) in [5.41, 5.74) is -4.35. The lowest BCUT2D eigenvalue weighted by atomic mass is 9.73. The number of nitrogens with zero attached hydrogens (tertiary/aromatic N) is 2. The molecular formula is C40H72N2O14. The van der Waals surface area contributed by atoms with Gasteiger partial charge in [0, 0.05) is 37.3 Å². The highest BCUT2D eigenvalue weighted by atomic mass is 16.7. The number of hydrogen-bond donors (Lipinski definition) is 5. The number of carbonyl (C=O) groups excluding carboxylic acids is 1. The molecule has 3 unspecified atom stereocenters. The number of epoxide rings is 1. The van der Waals surface area contributed by atoms with Crippen LogP contribution in [-0.2, 0) is 42.8 Å². The second-order valence-electron chi connectivity index (χ2n) is 17.8. The summed E-state index contributed by atoms with van der Waals surface area (Å²) in [6.07, 6.45) is -9.33. The van der Waals surface area contributed by atoms with Crippen LogP contribution >= 0.6 is 0 Å². The minimum Gasteiger partial charge on any atom is -0.459 e. The smallest absolute Gasteiger partial charge is 0.311 e. The molecule has 0 saturated carbocycles. The summed E-state index contributed by atoms with van der Waals surface area (Å²) in [7, 11) is 5.23. The lowest BCUT2D eigenvalue weighted by molar-refractivity contribution is -0.317. The molecule has 326 valence electrons. The van der Waals surface area contributed by atoms with E-state index in [9.17, 15) is 30.3 Å². The molecule has 4 fully saturated rings. The quantitative estimate of drug-likeness (QED) is 0.122. The van der Waals surface area contributed by atoms with Crippen LogP contribution in [0.1, 0.15) is 94.9 Å². The first kappa shape index (κ1) is 47.1. The zero-order valence-electron chi connectivity index (χ0n) is 35.8. The molecule has 0 aromatic rings. The number of hydrogen-bond acceptors (Lipinski definition) is 16. The van der Waals surface area contributed by atoms with Crippen molar-refractivity contribution >= 4 is 11.7 Å². The SMILES string of the molecule is CCC1OC(=O)[C@H](C)C(O[C@H]2C[C@@](C)(OC)[C@@H](O)[C@H](C)O2)[C@H](C)[C@@H](O[C@@H]2O[C@H](C)C[C@H](N(C)C)[C@H]2O)[C@](C)(O)C[C@@H](C)/C(=N\OCC2CO2)[C@H](C)[C@@H](O)[C@]1(C)O. The summed E-state index contributed by atoms with van der Waals surface area (Å²) >= 11 is 0. The van der Waals surface area contributed by atoms with Gasteiger partial charge in [0.1, 0.15) is 36.6 Å². The van der Waals surface area contributed by atoms with E-state index in [0.717, 1.165) is 0 Å². The van der Waals surface area contributed by atoms with E-state index < -0.39 is 102 Å². The fraction of sp³-hybridized carbons (Fsp3) is 0.950. The van der Waals surface area contributed by atoms with Crippen LogP contribution in [0, 0.1) is 23.7 Å². The summed E-state index contributed by atoms with van der Waals surface area (Å²) in [6.45, 7) is 17.8. The first-order chi connectivity index (χ1) is 26.0. The molecule has 0 aliphatic carbocycles. The van der Waals surface area contributed by atoms with Gasteiger partial charge in [-0.2, -0.15) is 0 Å². The van der Waals surface area contributed by atoms with E-state index in [4.69, 9.17) is 38.0 Å². The Morgan fingerprint density at radius 3 is 2.14 bits per heavy atom. The number of oxime groups is 1. The topological polar surface area (TPSA) is 211 Å². The van der Waals surface area contributed by atoms with Gasteiger partial charge in [-0.1, -0.05) is 32.9 Å². The van der Waals surface area contributed by atoms with Gasteiger partial charge < -0.3 is 68.4 Å². The van der Waals surface area contributed by atoms with Gasteiger partial charge in [-0.05, 0) is 74.9 Å². The fourth-order valence-corrected chi connectivity index (χ4v) is 8.95. The average Bonchev–Trinajstić information content (AvgIpc) is 3.96. The second-order valence-corrected chi connectivity index (χ2v) is 17.8. The van der Waals surface area contributed by atoms with Crippen LogP contribution in [0.2, 0.25) is 0 Å².